The number of aliphatic hydroxyl groups is 1. The Morgan fingerprint density at radius 3 is 2.61 bits per heavy atom. The number of aryl methyl sites for hydroxylation is 1. The summed E-state index contributed by atoms with van der Waals surface area (Å²) < 4.78 is 7.56. The molecule has 0 amide bonds. The number of rotatable bonds is 5. The van der Waals surface area contributed by atoms with Crippen molar-refractivity contribution in [1.29, 1.82) is 0 Å². The molecular formula is C14H18N2O2. The first-order chi connectivity index (χ1) is 8.70. The molecule has 0 aliphatic carbocycles. The van der Waals surface area contributed by atoms with E-state index in [0.29, 0.717) is 13.0 Å². The number of hydrogen-bond donors (Lipinski definition) is 1. The maximum atomic E-state index is 9.68. The van der Waals surface area contributed by atoms with Crippen molar-refractivity contribution in [2.75, 3.05) is 0 Å². The van der Waals surface area contributed by atoms with Gasteiger partial charge in [0.15, 0.2) is 0 Å². The highest BCUT2D eigenvalue weighted by molar-refractivity contribution is 5.28. The lowest BCUT2D eigenvalue weighted by Gasteiger charge is -2.10. The number of ether oxygens (including phenoxy) is 1. The Labute approximate surface area is 107 Å². The van der Waals surface area contributed by atoms with Crippen molar-refractivity contribution in [2.24, 2.45) is 7.05 Å². The molecule has 1 atom stereocenters. The highest BCUT2D eigenvalue weighted by Gasteiger charge is 2.05. The number of aliphatic hydroxyl groups excluding tert-OH is 1. The van der Waals surface area contributed by atoms with Gasteiger partial charge < -0.3 is 14.4 Å². The molecule has 0 spiro atoms. The summed E-state index contributed by atoms with van der Waals surface area (Å²) in [5.74, 6) is 1.66. The summed E-state index contributed by atoms with van der Waals surface area (Å²) in [5.41, 5.74) is 0.918. The number of hydrogen-bond acceptors (Lipinski definition) is 3. The quantitative estimate of drug-likeness (QED) is 0.881. The van der Waals surface area contributed by atoms with Gasteiger partial charge >= 0.3 is 0 Å². The van der Waals surface area contributed by atoms with E-state index in [1.165, 1.54) is 0 Å². The Bertz CT molecular complexity index is 491. The van der Waals surface area contributed by atoms with E-state index in [9.17, 15) is 5.11 Å². The average Bonchev–Trinajstić information content (AvgIpc) is 2.81. The Morgan fingerprint density at radius 2 is 2.06 bits per heavy atom. The van der Waals surface area contributed by atoms with Crippen LogP contribution in [0, 0.1) is 0 Å². The van der Waals surface area contributed by atoms with E-state index < -0.39 is 6.10 Å². The molecule has 0 fully saturated rings. The van der Waals surface area contributed by atoms with Crippen molar-refractivity contribution in [3.8, 4) is 5.75 Å². The lowest BCUT2D eigenvalue weighted by atomic mass is 10.1. The van der Waals surface area contributed by atoms with Gasteiger partial charge in [-0.3, -0.25) is 0 Å². The second-order valence-corrected chi connectivity index (χ2v) is 4.24. The van der Waals surface area contributed by atoms with Crippen molar-refractivity contribution < 1.29 is 9.84 Å². The fraction of sp³-hybridized carbons (Fsp3) is 0.357. The largest absolute Gasteiger partial charge is 0.486 e. The smallest absolute Gasteiger partial charge is 0.146 e. The Hall–Kier alpha value is -1.81. The SMILES string of the molecule is CC[C@H](O)c1ccc(OCc2nccn2C)cc1. The third kappa shape index (κ3) is 2.90. The van der Waals surface area contributed by atoms with Crippen LogP contribution in [-0.4, -0.2) is 14.7 Å². The van der Waals surface area contributed by atoms with Gasteiger partial charge in [0.05, 0.1) is 6.10 Å². The molecule has 96 valence electrons. The van der Waals surface area contributed by atoms with Gasteiger partial charge in [0, 0.05) is 19.4 Å². The van der Waals surface area contributed by atoms with Crippen molar-refractivity contribution >= 4 is 0 Å². The number of imidazole rings is 1. The summed E-state index contributed by atoms with van der Waals surface area (Å²) >= 11 is 0. The fourth-order valence-corrected chi connectivity index (χ4v) is 1.71. The highest BCUT2D eigenvalue weighted by atomic mass is 16.5. The normalized spacial score (nSPS) is 12.4. The summed E-state index contributed by atoms with van der Waals surface area (Å²) in [6, 6.07) is 7.53. The molecule has 1 aromatic heterocycles. The van der Waals surface area contributed by atoms with E-state index >= 15 is 0 Å². The number of benzene rings is 1. The van der Waals surface area contributed by atoms with Crippen LogP contribution in [0.15, 0.2) is 36.7 Å². The Morgan fingerprint density at radius 1 is 1.33 bits per heavy atom. The first-order valence-corrected chi connectivity index (χ1v) is 6.07. The summed E-state index contributed by atoms with van der Waals surface area (Å²) in [4.78, 5) is 4.19. The summed E-state index contributed by atoms with van der Waals surface area (Å²) in [6.45, 7) is 2.40. The van der Waals surface area contributed by atoms with Crippen LogP contribution in [0.2, 0.25) is 0 Å². The van der Waals surface area contributed by atoms with Crippen LogP contribution < -0.4 is 4.74 Å². The second-order valence-electron chi connectivity index (χ2n) is 4.24. The molecule has 2 rings (SSSR count). The van der Waals surface area contributed by atoms with E-state index in [1.54, 1.807) is 6.20 Å². The fourth-order valence-electron chi connectivity index (χ4n) is 1.71. The number of nitrogens with zero attached hydrogens (tertiary/aromatic N) is 2. The van der Waals surface area contributed by atoms with E-state index in [0.717, 1.165) is 17.1 Å². The third-order valence-electron chi connectivity index (χ3n) is 2.94. The molecular weight excluding hydrogens is 228 g/mol. The molecule has 0 unspecified atom stereocenters. The third-order valence-corrected chi connectivity index (χ3v) is 2.94. The minimum atomic E-state index is -0.395. The molecule has 0 bridgehead atoms. The lowest BCUT2D eigenvalue weighted by molar-refractivity contribution is 0.173. The molecule has 1 N–H and O–H groups in total. The average molecular weight is 246 g/mol. The molecule has 0 aliphatic heterocycles. The predicted molar refractivity (Wildman–Crippen MR) is 69.2 cm³/mol. The first kappa shape index (κ1) is 12.6. The van der Waals surface area contributed by atoms with Gasteiger partial charge in [-0.05, 0) is 24.1 Å². The van der Waals surface area contributed by atoms with Gasteiger partial charge in [-0.25, -0.2) is 4.98 Å². The maximum Gasteiger partial charge on any atom is 0.146 e. The zero-order valence-electron chi connectivity index (χ0n) is 10.7. The number of aromatic nitrogens is 2. The van der Waals surface area contributed by atoms with Crippen LogP contribution >= 0.6 is 0 Å². The van der Waals surface area contributed by atoms with Gasteiger partial charge in [0.1, 0.15) is 18.2 Å². The van der Waals surface area contributed by atoms with Gasteiger partial charge in [-0.15, -0.1) is 0 Å². The molecule has 18 heavy (non-hydrogen) atoms. The van der Waals surface area contributed by atoms with Gasteiger partial charge in [0.2, 0.25) is 0 Å². The molecule has 4 heteroatoms. The van der Waals surface area contributed by atoms with Crippen molar-refractivity contribution in [3.63, 3.8) is 0 Å². The minimum Gasteiger partial charge on any atom is -0.486 e. The second kappa shape index (κ2) is 5.69. The van der Waals surface area contributed by atoms with Crippen LogP contribution in [-0.2, 0) is 13.7 Å². The molecule has 1 aromatic carbocycles. The Kier molecular flexibility index (Phi) is 3.99. The maximum absolute atomic E-state index is 9.68. The van der Waals surface area contributed by atoms with Crippen molar-refractivity contribution in [2.45, 2.75) is 26.1 Å². The molecule has 4 nitrogen and oxygen atoms in total. The minimum absolute atomic E-state index is 0.395. The van der Waals surface area contributed by atoms with Crippen LogP contribution in [0.4, 0.5) is 0 Å². The van der Waals surface area contributed by atoms with Crippen LogP contribution in [0.5, 0.6) is 5.75 Å². The summed E-state index contributed by atoms with van der Waals surface area (Å²) in [7, 11) is 1.94. The van der Waals surface area contributed by atoms with Crippen molar-refractivity contribution in [1.82, 2.24) is 9.55 Å². The molecule has 0 saturated heterocycles. The van der Waals surface area contributed by atoms with Crippen LogP contribution in [0.3, 0.4) is 0 Å². The monoisotopic (exact) mass is 246 g/mol. The summed E-state index contributed by atoms with van der Waals surface area (Å²) in [6.07, 6.45) is 3.96. The molecule has 0 saturated carbocycles. The van der Waals surface area contributed by atoms with E-state index in [4.69, 9.17) is 4.74 Å². The van der Waals surface area contributed by atoms with E-state index in [2.05, 4.69) is 4.98 Å². The zero-order valence-corrected chi connectivity index (χ0v) is 10.7. The molecule has 1 heterocycles. The van der Waals surface area contributed by atoms with Crippen LogP contribution in [0.25, 0.3) is 0 Å². The van der Waals surface area contributed by atoms with Gasteiger partial charge in [0.25, 0.3) is 0 Å². The standard InChI is InChI=1S/C14H18N2O2/c1-3-13(17)11-4-6-12(7-5-11)18-10-14-15-8-9-16(14)2/h4-9,13,17H,3,10H2,1-2H3/t13-/m0/s1. The van der Waals surface area contributed by atoms with E-state index in [-0.39, 0.29) is 0 Å². The predicted octanol–water partition coefficient (Wildman–Crippen LogP) is 2.44. The molecule has 0 aliphatic rings. The highest BCUT2D eigenvalue weighted by Crippen LogP contribution is 2.20. The topological polar surface area (TPSA) is 47.3 Å². The van der Waals surface area contributed by atoms with Crippen molar-refractivity contribution in [3.05, 3.63) is 48.0 Å². The van der Waals surface area contributed by atoms with Gasteiger partial charge in [-0.2, -0.15) is 0 Å². The molecule has 0 radical (unpaired) electrons. The summed E-state index contributed by atoms with van der Waals surface area (Å²) in [5, 5.41) is 9.68. The van der Waals surface area contributed by atoms with Gasteiger partial charge in [-0.1, -0.05) is 19.1 Å². The van der Waals surface area contributed by atoms with Crippen LogP contribution in [0.1, 0.15) is 30.8 Å². The Balaban J connectivity index is 1.96. The lowest BCUT2D eigenvalue weighted by Crippen LogP contribution is -2.03. The first-order valence-electron chi connectivity index (χ1n) is 6.07. The zero-order chi connectivity index (χ0) is 13.0. The molecule has 2 aromatic rings. The van der Waals surface area contributed by atoms with E-state index in [1.807, 2.05) is 49.0 Å².